The average Bonchev–Trinajstić information content (AvgIpc) is 2.80. The molecule has 2 rings (SSSR count). The van der Waals surface area contributed by atoms with Crippen molar-refractivity contribution in [2.75, 3.05) is 13.1 Å². The lowest BCUT2D eigenvalue weighted by Crippen LogP contribution is -2.47. The van der Waals surface area contributed by atoms with Gasteiger partial charge in [-0.05, 0) is 18.3 Å². The number of carboxylic acids is 1. The van der Waals surface area contributed by atoms with Crippen LogP contribution in [0.4, 0.5) is 4.79 Å². The summed E-state index contributed by atoms with van der Waals surface area (Å²) in [6, 6.07) is -1.28. The van der Waals surface area contributed by atoms with Crippen LogP contribution in [0.3, 0.4) is 0 Å². The molecule has 0 spiro atoms. The Hall–Kier alpha value is -1.30. The number of carbonyl (C=O) groups is 2. The Balaban J connectivity index is 1.86. The average molecular weight is 284 g/mol. The Morgan fingerprint density at radius 2 is 2.00 bits per heavy atom. The molecule has 0 aromatic carbocycles. The summed E-state index contributed by atoms with van der Waals surface area (Å²) in [4.78, 5) is 24.4. The lowest BCUT2D eigenvalue weighted by molar-refractivity contribution is -0.141. The molecule has 2 aliphatic rings. The molecule has 20 heavy (non-hydrogen) atoms. The molecule has 0 radical (unpaired) electrons. The number of hydrogen-bond donors (Lipinski definition) is 3. The fraction of sp³-hybridized carbons (Fsp3) is 0.857. The number of carboxylic acid groups (broad SMARTS) is 1. The zero-order valence-electron chi connectivity index (χ0n) is 11.9. The number of β-amino-alcohol motifs (C(OH)–C–C–N with tert-alkyl or cyclic N) is 1. The number of amides is 2. The minimum absolute atomic E-state index is 0.100. The van der Waals surface area contributed by atoms with E-state index in [4.69, 9.17) is 5.11 Å². The topological polar surface area (TPSA) is 89.9 Å². The Morgan fingerprint density at radius 1 is 1.30 bits per heavy atom. The first-order valence-electron chi connectivity index (χ1n) is 7.44. The molecule has 1 heterocycles. The highest BCUT2D eigenvalue weighted by Gasteiger charge is 2.39. The lowest BCUT2D eigenvalue weighted by Gasteiger charge is -2.30. The molecule has 1 saturated heterocycles. The first-order valence-corrected chi connectivity index (χ1v) is 7.44. The molecule has 1 aliphatic carbocycles. The van der Waals surface area contributed by atoms with Crippen LogP contribution in [0.15, 0.2) is 0 Å². The standard InChI is InChI=1S/C14H24N2O4/c1-9-4-2-3-5-10(9)7-15-14(20)16-8-11(17)6-12(16)13(18)19/h9-12,17H,2-8H2,1H3,(H,15,20)(H,18,19)/t9?,10?,11?,12-/m0/s1. The molecule has 0 bridgehead atoms. The van der Waals surface area contributed by atoms with Gasteiger partial charge in [0.25, 0.3) is 0 Å². The highest BCUT2D eigenvalue weighted by Crippen LogP contribution is 2.29. The second-order valence-electron chi connectivity index (χ2n) is 6.10. The summed E-state index contributed by atoms with van der Waals surface area (Å²) in [5, 5.41) is 21.5. The minimum Gasteiger partial charge on any atom is -0.480 e. The molecular formula is C14H24N2O4. The molecule has 2 amide bonds. The maximum Gasteiger partial charge on any atom is 0.326 e. The summed E-state index contributed by atoms with van der Waals surface area (Å²) < 4.78 is 0. The number of carbonyl (C=O) groups excluding carboxylic acids is 1. The largest absolute Gasteiger partial charge is 0.480 e. The second-order valence-corrected chi connectivity index (χ2v) is 6.10. The third-order valence-corrected chi connectivity index (χ3v) is 4.63. The van der Waals surface area contributed by atoms with Gasteiger partial charge in [-0.1, -0.05) is 26.2 Å². The van der Waals surface area contributed by atoms with E-state index in [1.54, 1.807) is 0 Å². The van der Waals surface area contributed by atoms with Crippen LogP contribution in [-0.4, -0.2) is 52.3 Å². The summed E-state index contributed by atoms with van der Waals surface area (Å²) in [5.74, 6) is 0.0229. The normalized spacial score (nSPS) is 34.0. The van der Waals surface area contributed by atoms with E-state index in [-0.39, 0.29) is 19.0 Å². The van der Waals surface area contributed by atoms with E-state index in [0.29, 0.717) is 18.4 Å². The van der Waals surface area contributed by atoms with Gasteiger partial charge in [-0.15, -0.1) is 0 Å². The van der Waals surface area contributed by atoms with Gasteiger partial charge in [-0.3, -0.25) is 0 Å². The summed E-state index contributed by atoms with van der Waals surface area (Å²) in [6.45, 7) is 2.90. The summed E-state index contributed by atoms with van der Waals surface area (Å²) in [6.07, 6.45) is 4.14. The maximum absolute atomic E-state index is 12.1. The van der Waals surface area contributed by atoms with E-state index < -0.39 is 18.1 Å². The fourth-order valence-electron chi connectivity index (χ4n) is 3.29. The highest BCUT2D eigenvalue weighted by atomic mass is 16.4. The molecule has 1 aliphatic heterocycles. The molecule has 114 valence electrons. The molecule has 0 aromatic heterocycles. The van der Waals surface area contributed by atoms with Gasteiger partial charge in [0.05, 0.1) is 6.10 Å². The number of urea groups is 1. The Kier molecular flexibility index (Phi) is 4.86. The molecule has 4 atom stereocenters. The molecule has 1 saturated carbocycles. The highest BCUT2D eigenvalue weighted by molar-refractivity contribution is 5.83. The van der Waals surface area contributed by atoms with Gasteiger partial charge < -0.3 is 20.4 Å². The van der Waals surface area contributed by atoms with Crippen molar-refractivity contribution in [2.24, 2.45) is 11.8 Å². The lowest BCUT2D eigenvalue weighted by atomic mass is 9.80. The number of hydrogen-bond acceptors (Lipinski definition) is 3. The van der Waals surface area contributed by atoms with Gasteiger partial charge in [0, 0.05) is 19.5 Å². The first kappa shape index (κ1) is 15.1. The Labute approximate surface area is 119 Å². The predicted molar refractivity (Wildman–Crippen MR) is 73.3 cm³/mol. The van der Waals surface area contributed by atoms with Crippen LogP contribution in [0.1, 0.15) is 39.0 Å². The smallest absolute Gasteiger partial charge is 0.326 e. The van der Waals surface area contributed by atoms with Crippen LogP contribution in [0.5, 0.6) is 0 Å². The van der Waals surface area contributed by atoms with Crippen molar-refractivity contribution in [2.45, 2.75) is 51.2 Å². The van der Waals surface area contributed by atoms with E-state index in [0.717, 1.165) is 6.42 Å². The number of aliphatic hydroxyl groups is 1. The zero-order valence-corrected chi connectivity index (χ0v) is 11.9. The molecule has 3 N–H and O–H groups in total. The van der Waals surface area contributed by atoms with Crippen LogP contribution in [0.2, 0.25) is 0 Å². The molecule has 0 aromatic rings. The van der Waals surface area contributed by atoms with Crippen molar-refractivity contribution in [3.05, 3.63) is 0 Å². The predicted octanol–water partition coefficient (Wildman–Crippen LogP) is 1.04. The van der Waals surface area contributed by atoms with Gasteiger partial charge in [-0.2, -0.15) is 0 Å². The quantitative estimate of drug-likeness (QED) is 0.722. The minimum atomic E-state index is -1.05. The van der Waals surface area contributed by atoms with Crippen LogP contribution < -0.4 is 5.32 Å². The molecule has 3 unspecified atom stereocenters. The van der Waals surface area contributed by atoms with Gasteiger partial charge in [0.2, 0.25) is 0 Å². The number of nitrogens with one attached hydrogen (secondary N) is 1. The fourth-order valence-corrected chi connectivity index (χ4v) is 3.29. The molecular weight excluding hydrogens is 260 g/mol. The molecule has 6 nitrogen and oxygen atoms in total. The summed E-state index contributed by atoms with van der Waals surface area (Å²) >= 11 is 0. The SMILES string of the molecule is CC1CCCCC1CNC(=O)N1CC(O)C[C@H]1C(=O)O. The third-order valence-electron chi connectivity index (χ3n) is 4.63. The van der Waals surface area contributed by atoms with E-state index in [2.05, 4.69) is 12.2 Å². The van der Waals surface area contributed by atoms with Crippen molar-refractivity contribution in [1.29, 1.82) is 0 Å². The van der Waals surface area contributed by atoms with Crippen LogP contribution in [0.25, 0.3) is 0 Å². The van der Waals surface area contributed by atoms with Crippen molar-refractivity contribution in [1.82, 2.24) is 10.2 Å². The summed E-state index contributed by atoms with van der Waals surface area (Å²) in [7, 11) is 0. The number of rotatable bonds is 3. The first-order chi connectivity index (χ1) is 9.49. The number of likely N-dealkylation sites (tertiary alicyclic amines) is 1. The molecule has 6 heteroatoms. The second kappa shape index (κ2) is 6.43. The van der Waals surface area contributed by atoms with Crippen molar-refractivity contribution < 1.29 is 19.8 Å². The Morgan fingerprint density at radius 3 is 2.65 bits per heavy atom. The van der Waals surface area contributed by atoms with E-state index in [1.165, 1.54) is 24.2 Å². The van der Waals surface area contributed by atoms with Crippen LogP contribution in [-0.2, 0) is 4.79 Å². The van der Waals surface area contributed by atoms with E-state index in [9.17, 15) is 14.7 Å². The number of aliphatic hydroxyl groups excluding tert-OH is 1. The maximum atomic E-state index is 12.1. The van der Waals surface area contributed by atoms with Gasteiger partial charge in [-0.25, -0.2) is 9.59 Å². The molecule has 2 fully saturated rings. The third kappa shape index (κ3) is 3.42. The number of nitrogens with zero attached hydrogens (tertiary/aromatic N) is 1. The van der Waals surface area contributed by atoms with E-state index in [1.807, 2.05) is 0 Å². The van der Waals surface area contributed by atoms with E-state index >= 15 is 0 Å². The van der Waals surface area contributed by atoms with Crippen LogP contribution >= 0.6 is 0 Å². The summed E-state index contributed by atoms with van der Waals surface area (Å²) in [5.41, 5.74) is 0. The van der Waals surface area contributed by atoms with Gasteiger partial charge in [0.1, 0.15) is 6.04 Å². The van der Waals surface area contributed by atoms with Crippen LogP contribution in [0, 0.1) is 11.8 Å². The van der Waals surface area contributed by atoms with Gasteiger partial charge in [0.15, 0.2) is 0 Å². The van der Waals surface area contributed by atoms with Crippen molar-refractivity contribution in [3.63, 3.8) is 0 Å². The van der Waals surface area contributed by atoms with Gasteiger partial charge >= 0.3 is 12.0 Å². The monoisotopic (exact) mass is 284 g/mol. The Bertz CT molecular complexity index is 374. The number of aliphatic carboxylic acids is 1. The zero-order chi connectivity index (χ0) is 14.7. The van der Waals surface area contributed by atoms with Crippen molar-refractivity contribution in [3.8, 4) is 0 Å². The van der Waals surface area contributed by atoms with Crippen molar-refractivity contribution >= 4 is 12.0 Å².